The third-order valence-corrected chi connectivity index (χ3v) is 4.05. The standard InChI is InChI=1S/C12H12ClN3O2S/c1-7-11(13)9(16(2)15-7)6-19-10-4-3-8(5-14-10)12(17)18/h3-5H,6H2,1-2H3,(H,17,18). The molecule has 0 spiro atoms. The quantitative estimate of drug-likeness (QED) is 0.879. The van der Waals surface area contributed by atoms with E-state index in [-0.39, 0.29) is 5.56 Å². The number of thioether (sulfide) groups is 1. The number of aryl methyl sites for hydroxylation is 2. The first-order valence-corrected chi connectivity index (χ1v) is 6.85. The van der Waals surface area contributed by atoms with E-state index in [0.717, 1.165) is 16.4 Å². The molecule has 2 rings (SSSR count). The van der Waals surface area contributed by atoms with Crippen molar-refractivity contribution in [2.75, 3.05) is 0 Å². The minimum Gasteiger partial charge on any atom is -0.478 e. The molecule has 2 aromatic rings. The Balaban J connectivity index is 2.08. The Morgan fingerprint density at radius 3 is 2.74 bits per heavy atom. The first kappa shape index (κ1) is 13.9. The number of carboxylic acid groups (broad SMARTS) is 1. The van der Waals surface area contributed by atoms with Crippen molar-refractivity contribution in [3.05, 3.63) is 40.3 Å². The van der Waals surface area contributed by atoms with Gasteiger partial charge >= 0.3 is 5.97 Å². The predicted octanol–water partition coefficient (Wildman–Crippen LogP) is 2.77. The van der Waals surface area contributed by atoms with Crippen molar-refractivity contribution in [2.45, 2.75) is 17.7 Å². The molecule has 2 aromatic heterocycles. The lowest BCUT2D eigenvalue weighted by Gasteiger charge is -2.03. The molecule has 0 fully saturated rings. The van der Waals surface area contributed by atoms with Crippen LogP contribution in [0.3, 0.4) is 0 Å². The molecule has 1 N–H and O–H groups in total. The van der Waals surface area contributed by atoms with Crippen LogP contribution in [0.25, 0.3) is 0 Å². The van der Waals surface area contributed by atoms with Crippen LogP contribution in [0, 0.1) is 6.92 Å². The molecule has 0 unspecified atom stereocenters. The summed E-state index contributed by atoms with van der Waals surface area (Å²) < 4.78 is 1.75. The molecule has 0 amide bonds. The Kier molecular flexibility index (Phi) is 4.11. The van der Waals surface area contributed by atoms with E-state index in [0.29, 0.717) is 10.8 Å². The highest BCUT2D eigenvalue weighted by Crippen LogP contribution is 2.27. The summed E-state index contributed by atoms with van der Waals surface area (Å²) in [5, 5.41) is 14.4. The highest BCUT2D eigenvalue weighted by molar-refractivity contribution is 7.98. The summed E-state index contributed by atoms with van der Waals surface area (Å²) in [6, 6.07) is 3.22. The maximum absolute atomic E-state index is 10.7. The van der Waals surface area contributed by atoms with Gasteiger partial charge in [0.25, 0.3) is 0 Å². The van der Waals surface area contributed by atoms with Gasteiger partial charge in [-0.1, -0.05) is 23.4 Å². The van der Waals surface area contributed by atoms with Crippen LogP contribution in [-0.2, 0) is 12.8 Å². The zero-order valence-electron chi connectivity index (χ0n) is 10.4. The van der Waals surface area contributed by atoms with Crippen LogP contribution in [0.4, 0.5) is 0 Å². The van der Waals surface area contributed by atoms with E-state index in [2.05, 4.69) is 10.1 Å². The fourth-order valence-corrected chi connectivity index (χ4v) is 2.78. The molecule has 5 nitrogen and oxygen atoms in total. The van der Waals surface area contributed by atoms with Crippen molar-refractivity contribution in [2.24, 2.45) is 7.05 Å². The second kappa shape index (κ2) is 5.63. The van der Waals surface area contributed by atoms with Gasteiger partial charge in [-0.15, -0.1) is 0 Å². The second-order valence-corrected chi connectivity index (χ2v) is 5.32. The average molecular weight is 298 g/mol. The zero-order chi connectivity index (χ0) is 14.0. The van der Waals surface area contributed by atoms with Crippen molar-refractivity contribution < 1.29 is 9.90 Å². The van der Waals surface area contributed by atoms with Crippen LogP contribution in [-0.4, -0.2) is 25.8 Å². The number of hydrogen-bond donors (Lipinski definition) is 1. The number of halogens is 1. The van der Waals surface area contributed by atoms with E-state index in [1.165, 1.54) is 24.0 Å². The van der Waals surface area contributed by atoms with E-state index in [4.69, 9.17) is 16.7 Å². The minimum atomic E-state index is -0.977. The van der Waals surface area contributed by atoms with E-state index >= 15 is 0 Å². The molecule has 0 bridgehead atoms. The highest BCUT2D eigenvalue weighted by atomic mass is 35.5. The average Bonchev–Trinajstić information content (AvgIpc) is 2.62. The number of pyridine rings is 1. The molecular weight excluding hydrogens is 286 g/mol. The number of rotatable bonds is 4. The van der Waals surface area contributed by atoms with Crippen molar-refractivity contribution in [3.8, 4) is 0 Å². The number of aromatic carboxylic acids is 1. The molecule has 0 aromatic carbocycles. The van der Waals surface area contributed by atoms with E-state index < -0.39 is 5.97 Å². The molecule has 19 heavy (non-hydrogen) atoms. The third kappa shape index (κ3) is 3.08. The Morgan fingerprint density at radius 2 is 2.26 bits per heavy atom. The number of carboxylic acids is 1. The van der Waals surface area contributed by atoms with Crippen LogP contribution in [0.15, 0.2) is 23.4 Å². The van der Waals surface area contributed by atoms with Gasteiger partial charge < -0.3 is 5.11 Å². The molecule has 0 aliphatic heterocycles. The largest absolute Gasteiger partial charge is 0.478 e. The number of hydrogen-bond acceptors (Lipinski definition) is 4. The van der Waals surface area contributed by atoms with Crippen LogP contribution < -0.4 is 0 Å². The summed E-state index contributed by atoms with van der Waals surface area (Å²) >= 11 is 7.64. The fraction of sp³-hybridized carbons (Fsp3) is 0.250. The molecular formula is C12H12ClN3O2S. The maximum Gasteiger partial charge on any atom is 0.337 e. The number of aromatic nitrogens is 3. The zero-order valence-corrected chi connectivity index (χ0v) is 12.0. The van der Waals surface area contributed by atoms with Crippen LogP contribution in [0.5, 0.6) is 0 Å². The van der Waals surface area contributed by atoms with Crippen molar-refractivity contribution >= 4 is 29.3 Å². The lowest BCUT2D eigenvalue weighted by Crippen LogP contribution is -1.98. The van der Waals surface area contributed by atoms with Crippen molar-refractivity contribution in [3.63, 3.8) is 0 Å². The molecule has 0 radical (unpaired) electrons. The summed E-state index contributed by atoms with van der Waals surface area (Å²) in [4.78, 5) is 14.8. The lowest BCUT2D eigenvalue weighted by molar-refractivity contribution is 0.0696. The van der Waals surface area contributed by atoms with Gasteiger partial charge in [0, 0.05) is 19.0 Å². The van der Waals surface area contributed by atoms with Gasteiger partial charge in [-0.2, -0.15) is 5.10 Å². The van der Waals surface area contributed by atoms with Crippen LogP contribution >= 0.6 is 23.4 Å². The maximum atomic E-state index is 10.7. The topological polar surface area (TPSA) is 68.0 Å². The van der Waals surface area contributed by atoms with E-state index in [1.54, 1.807) is 10.7 Å². The summed E-state index contributed by atoms with van der Waals surface area (Å²) in [5.41, 5.74) is 1.90. The van der Waals surface area contributed by atoms with Gasteiger partial charge in [0.1, 0.15) is 0 Å². The first-order valence-electron chi connectivity index (χ1n) is 5.49. The molecule has 0 atom stereocenters. The van der Waals surface area contributed by atoms with Gasteiger partial charge in [0.15, 0.2) is 0 Å². The summed E-state index contributed by atoms with van der Waals surface area (Å²) in [7, 11) is 1.84. The smallest absolute Gasteiger partial charge is 0.337 e. The Hall–Kier alpha value is -1.53. The summed E-state index contributed by atoms with van der Waals surface area (Å²) in [5.74, 6) is -0.343. The minimum absolute atomic E-state index is 0.179. The molecule has 100 valence electrons. The normalized spacial score (nSPS) is 10.7. The highest BCUT2D eigenvalue weighted by Gasteiger charge is 2.11. The Morgan fingerprint density at radius 1 is 1.53 bits per heavy atom. The summed E-state index contributed by atoms with van der Waals surface area (Å²) in [6.45, 7) is 1.86. The Bertz CT molecular complexity index is 610. The molecule has 7 heteroatoms. The number of carbonyl (C=O) groups is 1. The predicted molar refractivity (Wildman–Crippen MR) is 73.7 cm³/mol. The van der Waals surface area contributed by atoms with Gasteiger partial charge in [-0.3, -0.25) is 4.68 Å². The fourth-order valence-electron chi connectivity index (χ4n) is 1.57. The first-order chi connectivity index (χ1) is 8.99. The van der Waals surface area contributed by atoms with Crippen molar-refractivity contribution in [1.29, 1.82) is 0 Å². The van der Waals surface area contributed by atoms with Gasteiger partial charge in [-0.25, -0.2) is 9.78 Å². The molecule has 0 aliphatic rings. The summed E-state index contributed by atoms with van der Waals surface area (Å²) in [6.07, 6.45) is 1.35. The van der Waals surface area contributed by atoms with E-state index in [1.807, 2.05) is 14.0 Å². The van der Waals surface area contributed by atoms with Crippen LogP contribution in [0.2, 0.25) is 5.02 Å². The van der Waals surface area contributed by atoms with E-state index in [9.17, 15) is 4.79 Å². The number of nitrogens with zero attached hydrogens (tertiary/aromatic N) is 3. The molecule has 2 heterocycles. The lowest BCUT2D eigenvalue weighted by atomic mass is 10.3. The third-order valence-electron chi connectivity index (χ3n) is 2.60. The SMILES string of the molecule is Cc1nn(C)c(CSc2ccc(C(=O)O)cn2)c1Cl. The van der Waals surface area contributed by atoms with Crippen molar-refractivity contribution in [1.82, 2.24) is 14.8 Å². The Labute approximate surface area is 119 Å². The monoisotopic (exact) mass is 297 g/mol. The molecule has 0 aliphatic carbocycles. The van der Waals surface area contributed by atoms with Gasteiger partial charge in [0.2, 0.25) is 0 Å². The molecule has 0 saturated heterocycles. The second-order valence-electron chi connectivity index (χ2n) is 3.95. The van der Waals surface area contributed by atoms with Gasteiger partial charge in [0.05, 0.1) is 27.0 Å². The van der Waals surface area contributed by atoms with Gasteiger partial charge in [-0.05, 0) is 19.1 Å². The molecule has 0 saturated carbocycles. The van der Waals surface area contributed by atoms with Crippen LogP contribution in [0.1, 0.15) is 21.7 Å².